The number of hydrogen-bond acceptors (Lipinski definition) is 2. The van der Waals surface area contributed by atoms with E-state index in [-0.39, 0.29) is 11.4 Å². The van der Waals surface area contributed by atoms with Gasteiger partial charge in [0.25, 0.3) is 0 Å². The number of benzene rings is 1. The van der Waals surface area contributed by atoms with Crippen molar-refractivity contribution in [3.63, 3.8) is 0 Å². The molecule has 0 heterocycles. The first-order valence-corrected chi connectivity index (χ1v) is 4.91. The number of nitrogens with one attached hydrogen (secondary N) is 2. The van der Waals surface area contributed by atoms with Crippen molar-refractivity contribution in [1.29, 1.82) is 0 Å². The zero-order valence-corrected chi connectivity index (χ0v) is 9.43. The Bertz CT molecular complexity index is 523. The van der Waals surface area contributed by atoms with Crippen molar-refractivity contribution >= 4 is 35.7 Å². The molecule has 0 atom stereocenters. The molecular formula is C12H12N2O4. The average Bonchev–Trinajstić information content (AvgIpc) is 2.29. The van der Waals surface area contributed by atoms with Gasteiger partial charge in [-0.05, 0) is 11.6 Å². The second-order valence-electron chi connectivity index (χ2n) is 3.26. The van der Waals surface area contributed by atoms with Crippen LogP contribution in [-0.4, -0.2) is 22.4 Å². The quantitative estimate of drug-likeness (QED) is 0.657. The molecule has 0 radical (unpaired) electrons. The normalized spacial score (nSPS) is 9.33. The predicted molar refractivity (Wildman–Crippen MR) is 69.9 cm³/mol. The first-order chi connectivity index (χ1) is 8.49. The summed E-state index contributed by atoms with van der Waals surface area (Å²) < 4.78 is 0. The Morgan fingerprint density at radius 3 is 2.11 bits per heavy atom. The smallest absolute Gasteiger partial charge is 0.409 e. The van der Waals surface area contributed by atoms with Gasteiger partial charge in [-0.3, -0.25) is 10.6 Å². The highest BCUT2D eigenvalue weighted by molar-refractivity contribution is 5.98. The molecule has 0 spiro atoms. The number of carbonyl (C=O) groups is 2. The van der Waals surface area contributed by atoms with Crippen LogP contribution in [0.2, 0.25) is 0 Å². The van der Waals surface area contributed by atoms with Crippen LogP contribution >= 0.6 is 0 Å². The van der Waals surface area contributed by atoms with Crippen molar-refractivity contribution < 1.29 is 19.8 Å². The molecule has 94 valence electrons. The van der Waals surface area contributed by atoms with Crippen molar-refractivity contribution in [3.8, 4) is 0 Å². The van der Waals surface area contributed by atoms with Crippen LogP contribution in [0.4, 0.5) is 21.0 Å². The minimum Gasteiger partial charge on any atom is -0.465 e. The van der Waals surface area contributed by atoms with Gasteiger partial charge in [0.2, 0.25) is 0 Å². The molecule has 0 aliphatic heterocycles. The first-order valence-electron chi connectivity index (χ1n) is 4.91. The van der Waals surface area contributed by atoms with Crippen LogP contribution in [0, 0.1) is 0 Å². The molecule has 0 aliphatic carbocycles. The number of carboxylic acid groups (broad SMARTS) is 2. The van der Waals surface area contributed by atoms with Crippen molar-refractivity contribution in [2.45, 2.75) is 0 Å². The lowest BCUT2D eigenvalue weighted by molar-refractivity contribution is 0.208. The summed E-state index contributed by atoms with van der Waals surface area (Å²) in [5.74, 6) is 0. The van der Waals surface area contributed by atoms with Crippen molar-refractivity contribution in [3.05, 3.63) is 36.4 Å². The van der Waals surface area contributed by atoms with Gasteiger partial charge in [0.05, 0.1) is 11.4 Å². The molecule has 0 saturated heterocycles. The Labute approximate surface area is 103 Å². The fourth-order valence-corrected chi connectivity index (χ4v) is 1.49. The number of amides is 2. The predicted octanol–water partition coefficient (Wildman–Crippen LogP) is 3.15. The maximum absolute atomic E-state index is 10.7. The summed E-state index contributed by atoms with van der Waals surface area (Å²) >= 11 is 0. The number of anilines is 2. The maximum Gasteiger partial charge on any atom is 0.409 e. The molecule has 1 aromatic rings. The summed E-state index contributed by atoms with van der Waals surface area (Å²) in [6.45, 7) is 7.16. The molecule has 6 heteroatoms. The maximum atomic E-state index is 10.7. The Hall–Kier alpha value is -2.76. The molecule has 1 aromatic carbocycles. The van der Waals surface area contributed by atoms with Gasteiger partial charge in [-0.1, -0.05) is 31.4 Å². The second kappa shape index (κ2) is 5.53. The van der Waals surface area contributed by atoms with Gasteiger partial charge >= 0.3 is 12.2 Å². The van der Waals surface area contributed by atoms with E-state index in [1.54, 1.807) is 6.07 Å². The lowest BCUT2D eigenvalue weighted by atomic mass is 10.0. The van der Waals surface area contributed by atoms with Crippen LogP contribution in [0.25, 0.3) is 12.2 Å². The first kappa shape index (κ1) is 13.3. The summed E-state index contributed by atoms with van der Waals surface area (Å²) in [5, 5.41) is 21.7. The fraction of sp³-hybridized carbons (Fsp3) is 0. The van der Waals surface area contributed by atoms with Crippen molar-refractivity contribution in [2.75, 3.05) is 10.6 Å². The summed E-state index contributed by atoms with van der Waals surface area (Å²) in [6.07, 6.45) is 0.363. The minimum atomic E-state index is -1.30. The van der Waals surface area contributed by atoms with Gasteiger partial charge in [0.15, 0.2) is 0 Å². The lowest BCUT2D eigenvalue weighted by Gasteiger charge is -2.14. The molecule has 0 bridgehead atoms. The van der Waals surface area contributed by atoms with Crippen LogP contribution in [0.3, 0.4) is 0 Å². The van der Waals surface area contributed by atoms with Gasteiger partial charge < -0.3 is 10.2 Å². The monoisotopic (exact) mass is 248 g/mol. The second-order valence-corrected chi connectivity index (χ2v) is 3.26. The van der Waals surface area contributed by atoms with Crippen LogP contribution in [-0.2, 0) is 0 Å². The molecule has 0 unspecified atom stereocenters. The zero-order chi connectivity index (χ0) is 13.7. The minimum absolute atomic E-state index is 0.123. The van der Waals surface area contributed by atoms with E-state index in [0.29, 0.717) is 11.1 Å². The van der Waals surface area contributed by atoms with E-state index in [9.17, 15) is 9.59 Å². The van der Waals surface area contributed by atoms with Gasteiger partial charge in [-0.15, -0.1) is 0 Å². The summed E-state index contributed by atoms with van der Waals surface area (Å²) in [5.41, 5.74) is 1.35. The largest absolute Gasteiger partial charge is 0.465 e. The third-order valence-corrected chi connectivity index (χ3v) is 2.18. The lowest BCUT2D eigenvalue weighted by Crippen LogP contribution is -2.14. The van der Waals surface area contributed by atoms with Crippen LogP contribution in [0.1, 0.15) is 11.1 Å². The Balaban J connectivity index is 3.42. The highest BCUT2D eigenvalue weighted by Gasteiger charge is 2.13. The van der Waals surface area contributed by atoms with E-state index in [2.05, 4.69) is 23.8 Å². The molecule has 4 N–H and O–H groups in total. The van der Waals surface area contributed by atoms with Crippen LogP contribution in [0.15, 0.2) is 25.3 Å². The zero-order valence-electron chi connectivity index (χ0n) is 9.43. The highest BCUT2D eigenvalue weighted by Crippen LogP contribution is 2.31. The van der Waals surface area contributed by atoms with Crippen LogP contribution in [0.5, 0.6) is 0 Å². The van der Waals surface area contributed by atoms with E-state index in [0.717, 1.165) is 0 Å². The molecule has 0 saturated carbocycles. The molecule has 0 aliphatic rings. The molecule has 6 nitrogen and oxygen atoms in total. The third-order valence-electron chi connectivity index (χ3n) is 2.18. The van der Waals surface area contributed by atoms with Gasteiger partial charge in [0.1, 0.15) is 0 Å². The number of rotatable bonds is 4. The van der Waals surface area contributed by atoms with E-state index in [1.165, 1.54) is 18.2 Å². The van der Waals surface area contributed by atoms with E-state index < -0.39 is 12.2 Å². The van der Waals surface area contributed by atoms with E-state index in [4.69, 9.17) is 10.2 Å². The molecule has 2 amide bonds. The Morgan fingerprint density at radius 2 is 1.67 bits per heavy atom. The average molecular weight is 248 g/mol. The number of hydrogen-bond donors (Lipinski definition) is 4. The Morgan fingerprint density at radius 1 is 1.06 bits per heavy atom. The SMILES string of the molecule is C=Cc1ccc(NC(=O)O)c(NC(=O)O)c1C=C. The molecule has 0 aromatic heterocycles. The molecule has 18 heavy (non-hydrogen) atoms. The Kier molecular flexibility index (Phi) is 4.09. The summed E-state index contributed by atoms with van der Waals surface area (Å²) in [7, 11) is 0. The van der Waals surface area contributed by atoms with Gasteiger partial charge in [-0.25, -0.2) is 9.59 Å². The molecular weight excluding hydrogens is 236 g/mol. The molecule has 0 fully saturated rings. The van der Waals surface area contributed by atoms with Gasteiger partial charge in [0, 0.05) is 5.56 Å². The van der Waals surface area contributed by atoms with E-state index in [1.807, 2.05) is 0 Å². The standard InChI is InChI=1S/C12H12N2O4/c1-3-7-5-6-9(13-11(15)16)10(8(7)4-2)14-12(17)18/h3-6,13-14H,1-2H2,(H,15,16)(H,17,18). The molecule has 1 rings (SSSR count). The summed E-state index contributed by atoms with van der Waals surface area (Å²) in [4.78, 5) is 21.4. The van der Waals surface area contributed by atoms with Crippen LogP contribution < -0.4 is 10.6 Å². The fourth-order valence-electron chi connectivity index (χ4n) is 1.49. The van der Waals surface area contributed by atoms with Gasteiger partial charge in [-0.2, -0.15) is 0 Å². The van der Waals surface area contributed by atoms with E-state index >= 15 is 0 Å². The topological polar surface area (TPSA) is 98.7 Å². The third kappa shape index (κ3) is 2.88. The summed E-state index contributed by atoms with van der Waals surface area (Å²) in [6, 6.07) is 3.06. The highest BCUT2D eigenvalue weighted by atomic mass is 16.4. The van der Waals surface area contributed by atoms with Crippen molar-refractivity contribution in [2.24, 2.45) is 0 Å². The van der Waals surface area contributed by atoms with Crippen molar-refractivity contribution in [1.82, 2.24) is 0 Å².